The number of ether oxygens (including phenoxy) is 3. The van der Waals surface area contributed by atoms with Gasteiger partial charge in [0.2, 0.25) is 0 Å². The Morgan fingerprint density at radius 2 is 0.714 bits per heavy atom. The van der Waals surface area contributed by atoms with E-state index in [1.54, 1.807) is 0 Å². The molecule has 0 spiro atoms. The summed E-state index contributed by atoms with van der Waals surface area (Å²) < 4.78 is 16.7. The predicted octanol–water partition coefficient (Wildman–Crippen LogP) is 17.2. The molecular formula is C57H96O6. The number of rotatable bonds is 46. The first kappa shape index (κ1) is 59.6. The van der Waals surface area contributed by atoms with Crippen LogP contribution in [0.3, 0.4) is 0 Å². The zero-order valence-electron chi connectivity index (χ0n) is 41.1. The molecule has 0 aromatic carbocycles. The van der Waals surface area contributed by atoms with E-state index in [4.69, 9.17) is 14.2 Å². The lowest BCUT2D eigenvalue weighted by Gasteiger charge is -2.18. The number of carbonyl (C=O) groups is 3. The molecule has 0 saturated heterocycles. The third kappa shape index (κ3) is 49.5. The maximum Gasteiger partial charge on any atom is 0.306 e. The van der Waals surface area contributed by atoms with Gasteiger partial charge in [-0.15, -0.1) is 0 Å². The van der Waals surface area contributed by atoms with Crippen molar-refractivity contribution in [3.05, 3.63) is 85.1 Å². The second kappa shape index (κ2) is 51.2. The zero-order valence-corrected chi connectivity index (χ0v) is 41.1. The molecule has 1 unspecified atom stereocenters. The molecule has 0 radical (unpaired) electrons. The van der Waals surface area contributed by atoms with Crippen molar-refractivity contribution in [1.82, 2.24) is 0 Å². The molecule has 360 valence electrons. The maximum atomic E-state index is 12.8. The fourth-order valence-corrected chi connectivity index (χ4v) is 7.16. The quantitative estimate of drug-likeness (QED) is 0.0199. The van der Waals surface area contributed by atoms with Gasteiger partial charge in [-0.1, -0.05) is 247 Å². The highest BCUT2D eigenvalue weighted by atomic mass is 16.6. The summed E-state index contributed by atoms with van der Waals surface area (Å²) in [4.78, 5) is 38.0. The van der Waals surface area contributed by atoms with Crippen LogP contribution >= 0.6 is 0 Å². The first-order valence-electron chi connectivity index (χ1n) is 26.2. The van der Waals surface area contributed by atoms with Gasteiger partial charge in [0, 0.05) is 19.3 Å². The Labute approximate surface area is 388 Å². The molecule has 0 aromatic heterocycles. The lowest BCUT2D eigenvalue weighted by molar-refractivity contribution is -0.167. The lowest BCUT2D eigenvalue weighted by Crippen LogP contribution is -2.30. The van der Waals surface area contributed by atoms with Gasteiger partial charge in [-0.05, 0) is 57.8 Å². The largest absolute Gasteiger partial charge is 0.462 e. The molecular weight excluding hydrogens is 781 g/mol. The van der Waals surface area contributed by atoms with Crippen LogP contribution in [0.5, 0.6) is 0 Å². The Morgan fingerprint density at radius 3 is 1.19 bits per heavy atom. The van der Waals surface area contributed by atoms with Crippen LogP contribution in [0, 0.1) is 0 Å². The standard InChI is InChI=1S/C57H96O6/c1-4-7-10-13-16-19-22-25-27-28-29-30-33-35-38-41-44-47-50-56(59)62-53-54(52-61-55(58)49-46-43-40-37-34-31-24-21-18-15-12-9-6-3)63-57(60)51-48-45-42-39-36-32-26-23-20-17-14-11-8-5-2/h8-9,11-12,15,17-18,20-21,24,31,34,37,40,54H,4-7,10,13-14,16,19,22-23,25-30,32-33,35-36,38-39,41-53H2,1-3H3/b11-8-,12-9-,18-15-,20-17-,24-21-,34-31-,40-37-. The molecule has 63 heavy (non-hydrogen) atoms. The van der Waals surface area contributed by atoms with Crippen LogP contribution in [-0.4, -0.2) is 37.2 Å². The average molecular weight is 877 g/mol. The van der Waals surface area contributed by atoms with E-state index in [9.17, 15) is 14.4 Å². The maximum absolute atomic E-state index is 12.8. The van der Waals surface area contributed by atoms with Crippen LogP contribution in [0.4, 0.5) is 0 Å². The van der Waals surface area contributed by atoms with Crippen LogP contribution in [0.1, 0.15) is 239 Å². The molecule has 6 nitrogen and oxygen atoms in total. The van der Waals surface area contributed by atoms with E-state index in [1.165, 1.54) is 122 Å². The molecule has 0 aromatic rings. The molecule has 0 aliphatic heterocycles. The van der Waals surface area contributed by atoms with Gasteiger partial charge in [0.1, 0.15) is 13.2 Å². The monoisotopic (exact) mass is 877 g/mol. The number of hydrogen-bond donors (Lipinski definition) is 0. The van der Waals surface area contributed by atoms with E-state index in [0.717, 1.165) is 70.6 Å². The third-order valence-electron chi connectivity index (χ3n) is 11.0. The van der Waals surface area contributed by atoms with Crippen LogP contribution in [0.15, 0.2) is 85.1 Å². The van der Waals surface area contributed by atoms with Gasteiger partial charge in [-0.25, -0.2) is 0 Å². The first-order valence-corrected chi connectivity index (χ1v) is 26.2. The summed E-state index contributed by atoms with van der Waals surface area (Å²) >= 11 is 0. The molecule has 0 bridgehead atoms. The summed E-state index contributed by atoms with van der Waals surface area (Å²) in [7, 11) is 0. The van der Waals surface area contributed by atoms with Crippen molar-refractivity contribution < 1.29 is 28.6 Å². The minimum atomic E-state index is -0.807. The fraction of sp³-hybridized carbons (Fsp3) is 0.702. The topological polar surface area (TPSA) is 78.9 Å². The van der Waals surface area contributed by atoms with Crippen molar-refractivity contribution in [3.8, 4) is 0 Å². The number of carbonyl (C=O) groups excluding carboxylic acids is 3. The minimum Gasteiger partial charge on any atom is -0.462 e. The van der Waals surface area contributed by atoms with E-state index in [2.05, 4.69) is 51.2 Å². The SMILES string of the molecule is CC\C=C/C=C\C=C/C=C\C=C/CCCC(=O)OCC(COC(=O)CCCCCCCCCCCCCCCCCCCC)OC(=O)CCCCCCCCC/C=C\C/C=C\CC. The van der Waals surface area contributed by atoms with E-state index in [-0.39, 0.29) is 37.5 Å². The Balaban J connectivity index is 4.43. The van der Waals surface area contributed by atoms with Crippen molar-refractivity contribution >= 4 is 17.9 Å². The van der Waals surface area contributed by atoms with E-state index >= 15 is 0 Å². The predicted molar refractivity (Wildman–Crippen MR) is 270 cm³/mol. The van der Waals surface area contributed by atoms with Gasteiger partial charge < -0.3 is 14.2 Å². The summed E-state index contributed by atoms with van der Waals surface area (Å²) in [5, 5.41) is 0. The summed E-state index contributed by atoms with van der Waals surface area (Å²) in [6.07, 6.45) is 65.8. The number of hydrogen-bond acceptors (Lipinski definition) is 6. The smallest absolute Gasteiger partial charge is 0.306 e. The Kier molecular flexibility index (Phi) is 48.5. The molecule has 0 fully saturated rings. The molecule has 0 amide bonds. The van der Waals surface area contributed by atoms with Crippen molar-refractivity contribution in [2.24, 2.45) is 0 Å². The second-order valence-corrected chi connectivity index (χ2v) is 17.2. The minimum absolute atomic E-state index is 0.101. The highest BCUT2D eigenvalue weighted by Gasteiger charge is 2.19. The van der Waals surface area contributed by atoms with Crippen LogP contribution in [0.2, 0.25) is 0 Å². The van der Waals surface area contributed by atoms with E-state index < -0.39 is 6.10 Å². The molecule has 1 atom stereocenters. The summed E-state index contributed by atoms with van der Waals surface area (Å²) in [6.45, 7) is 6.33. The van der Waals surface area contributed by atoms with Crippen molar-refractivity contribution in [2.75, 3.05) is 13.2 Å². The van der Waals surface area contributed by atoms with E-state index in [1.807, 2.05) is 54.7 Å². The van der Waals surface area contributed by atoms with Crippen LogP contribution in [0.25, 0.3) is 0 Å². The molecule has 0 aliphatic rings. The number of allylic oxidation sites excluding steroid dienone is 14. The van der Waals surface area contributed by atoms with Gasteiger partial charge in [-0.2, -0.15) is 0 Å². The number of unbranched alkanes of at least 4 members (excludes halogenated alkanes) is 25. The Bertz CT molecular complexity index is 1240. The van der Waals surface area contributed by atoms with Gasteiger partial charge in [0.15, 0.2) is 6.10 Å². The lowest BCUT2D eigenvalue weighted by atomic mass is 10.0. The third-order valence-corrected chi connectivity index (χ3v) is 11.0. The van der Waals surface area contributed by atoms with Gasteiger partial charge in [0.25, 0.3) is 0 Å². The molecule has 6 heteroatoms. The van der Waals surface area contributed by atoms with Crippen LogP contribution in [-0.2, 0) is 28.6 Å². The van der Waals surface area contributed by atoms with Gasteiger partial charge >= 0.3 is 17.9 Å². The fourth-order valence-electron chi connectivity index (χ4n) is 7.16. The molecule has 0 N–H and O–H groups in total. The summed E-state index contributed by atoms with van der Waals surface area (Å²) in [6, 6.07) is 0. The number of esters is 3. The molecule has 0 saturated carbocycles. The summed E-state index contributed by atoms with van der Waals surface area (Å²) in [5.74, 6) is -0.985. The normalized spacial score (nSPS) is 12.7. The molecule has 0 heterocycles. The highest BCUT2D eigenvalue weighted by molar-refractivity contribution is 5.71. The van der Waals surface area contributed by atoms with Gasteiger partial charge in [0.05, 0.1) is 0 Å². The second-order valence-electron chi connectivity index (χ2n) is 17.2. The molecule has 0 rings (SSSR count). The summed E-state index contributed by atoms with van der Waals surface area (Å²) in [5.41, 5.74) is 0. The van der Waals surface area contributed by atoms with Crippen molar-refractivity contribution in [3.63, 3.8) is 0 Å². The van der Waals surface area contributed by atoms with Crippen molar-refractivity contribution in [1.29, 1.82) is 0 Å². The van der Waals surface area contributed by atoms with Gasteiger partial charge in [-0.3, -0.25) is 14.4 Å². The average Bonchev–Trinajstić information content (AvgIpc) is 3.28. The first-order chi connectivity index (χ1) is 31.0. The van der Waals surface area contributed by atoms with E-state index in [0.29, 0.717) is 19.3 Å². The Morgan fingerprint density at radius 1 is 0.349 bits per heavy atom. The highest BCUT2D eigenvalue weighted by Crippen LogP contribution is 2.16. The van der Waals surface area contributed by atoms with Crippen molar-refractivity contribution in [2.45, 2.75) is 245 Å². The van der Waals surface area contributed by atoms with Crippen LogP contribution < -0.4 is 0 Å². The Hall–Kier alpha value is -3.41. The zero-order chi connectivity index (χ0) is 45.8. The molecule has 0 aliphatic carbocycles.